The van der Waals surface area contributed by atoms with Crippen molar-refractivity contribution in [2.24, 2.45) is 10.9 Å². The largest absolute Gasteiger partial charge is 0.434 e. The van der Waals surface area contributed by atoms with Gasteiger partial charge in [0, 0.05) is 31.4 Å². The summed E-state index contributed by atoms with van der Waals surface area (Å²) in [7, 11) is 1.71. The molecule has 0 spiro atoms. The summed E-state index contributed by atoms with van der Waals surface area (Å²) < 4.78 is 37.6. The van der Waals surface area contributed by atoms with Crippen molar-refractivity contribution >= 4 is 41.3 Å². The molecule has 1 aliphatic carbocycles. The van der Waals surface area contributed by atoms with E-state index in [-0.39, 0.29) is 24.0 Å². The summed E-state index contributed by atoms with van der Waals surface area (Å²) in [6, 6.07) is 0.423. The van der Waals surface area contributed by atoms with Crippen LogP contribution in [0.1, 0.15) is 49.7 Å². The van der Waals surface area contributed by atoms with E-state index >= 15 is 0 Å². The quantitative estimate of drug-likeness (QED) is 0.364. The number of aromatic nitrogens is 1. The van der Waals surface area contributed by atoms with Crippen LogP contribution in [0.25, 0.3) is 0 Å². The summed E-state index contributed by atoms with van der Waals surface area (Å²) in [5.74, 6) is 1.48. The van der Waals surface area contributed by atoms with Crippen LogP contribution >= 0.6 is 35.3 Å². The first-order valence-corrected chi connectivity index (χ1v) is 9.29. The van der Waals surface area contributed by atoms with E-state index in [9.17, 15) is 13.2 Å². The van der Waals surface area contributed by atoms with Gasteiger partial charge in [0.05, 0.1) is 5.01 Å². The topological polar surface area (TPSA) is 49.3 Å². The molecule has 1 saturated carbocycles. The molecule has 1 fully saturated rings. The predicted molar refractivity (Wildman–Crippen MR) is 107 cm³/mol. The average molecular weight is 490 g/mol. The molecule has 0 saturated heterocycles. The van der Waals surface area contributed by atoms with Gasteiger partial charge in [-0.25, -0.2) is 4.98 Å². The molecule has 0 aromatic carbocycles. The van der Waals surface area contributed by atoms with Crippen LogP contribution in [0.4, 0.5) is 13.2 Å². The summed E-state index contributed by atoms with van der Waals surface area (Å²) in [5.41, 5.74) is -0.808. The van der Waals surface area contributed by atoms with Crippen molar-refractivity contribution in [1.29, 1.82) is 0 Å². The van der Waals surface area contributed by atoms with Crippen LogP contribution in [0.5, 0.6) is 0 Å². The van der Waals surface area contributed by atoms with E-state index in [1.807, 2.05) is 0 Å². The van der Waals surface area contributed by atoms with Gasteiger partial charge in [0.1, 0.15) is 0 Å². The van der Waals surface area contributed by atoms with Crippen LogP contribution in [0.3, 0.4) is 0 Å². The van der Waals surface area contributed by atoms with Crippen molar-refractivity contribution in [3.8, 4) is 0 Å². The normalized spacial score (nSPS) is 21.6. The van der Waals surface area contributed by atoms with Gasteiger partial charge >= 0.3 is 6.18 Å². The van der Waals surface area contributed by atoms with Gasteiger partial charge < -0.3 is 10.6 Å². The number of guanidine groups is 1. The van der Waals surface area contributed by atoms with Crippen LogP contribution < -0.4 is 10.6 Å². The zero-order valence-electron chi connectivity index (χ0n) is 14.5. The first-order valence-electron chi connectivity index (χ1n) is 8.41. The fraction of sp³-hybridized carbons (Fsp3) is 0.750. The molecule has 1 aliphatic rings. The van der Waals surface area contributed by atoms with Crippen molar-refractivity contribution in [2.45, 2.75) is 57.7 Å². The van der Waals surface area contributed by atoms with E-state index in [1.54, 1.807) is 7.05 Å². The number of rotatable bonds is 5. The SMILES string of the molecule is CCC1CCCC(NC(=NC)NCCc2nc(C(F)(F)F)cs2)C1.I. The molecule has 9 heteroatoms. The molecule has 2 N–H and O–H groups in total. The van der Waals surface area contributed by atoms with Crippen molar-refractivity contribution in [3.63, 3.8) is 0 Å². The molecule has 0 aliphatic heterocycles. The van der Waals surface area contributed by atoms with Crippen LogP contribution in [0.2, 0.25) is 0 Å². The molecule has 2 rings (SSSR count). The molecule has 2 atom stereocenters. The van der Waals surface area contributed by atoms with Crippen molar-refractivity contribution in [3.05, 3.63) is 16.1 Å². The molecule has 1 heterocycles. The van der Waals surface area contributed by atoms with E-state index in [0.717, 1.165) is 35.5 Å². The van der Waals surface area contributed by atoms with Gasteiger partial charge in [0.25, 0.3) is 0 Å². The molecule has 4 nitrogen and oxygen atoms in total. The van der Waals surface area contributed by atoms with E-state index in [1.165, 1.54) is 19.3 Å². The first-order chi connectivity index (χ1) is 11.4. The molecule has 0 bridgehead atoms. The lowest BCUT2D eigenvalue weighted by atomic mass is 9.84. The molecule has 1 aromatic heterocycles. The fourth-order valence-corrected chi connectivity index (χ4v) is 3.83. The van der Waals surface area contributed by atoms with Gasteiger partial charge in [0.15, 0.2) is 11.7 Å². The van der Waals surface area contributed by atoms with Gasteiger partial charge in [-0.15, -0.1) is 35.3 Å². The zero-order chi connectivity index (χ0) is 17.6. The Labute approximate surface area is 168 Å². The highest BCUT2D eigenvalue weighted by atomic mass is 127. The Morgan fingerprint density at radius 2 is 2.16 bits per heavy atom. The number of nitrogens with zero attached hydrogens (tertiary/aromatic N) is 2. The number of nitrogens with one attached hydrogen (secondary N) is 2. The number of hydrogen-bond acceptors (Lipinski definition) is 3. The smallest absolute Gasteiger partial charge is 0.356 e. The lowest BCUT2D eigenvalue weighted by molar-refractivity contribution is -0.140. The van der Waals surface area contributed by atoms with Crippen LogP contribution in [-0.4, -0.2) is 30.6 Å². The van der Waals surface area contributed by atoms with Crippen LogP contribution in [0, 0.1) is 5.92 Å². The minimum Gasteiger partial charge on any atom is -0.356 e. The molecule has 2 unspecified atom stereocenters. The summed E-state index contributed by atoms with van der Waals surface area (Å²) in [5, 5.41) is 8.14. The highest BCUT2D eigenvalue weighted by Crippen LogP contribution is 2.30. The minimum atomic E-state index is -4.36. The van der Waals surface area contributed by atoms with E-state index in [0.29, 0.717) is 30.0 Å². The fourth-order valence-electron chi connectivity index (χ4n) is 3.02. The lowest BCUT2D eigenvalue weighted by Crippen LogP contribution is -2.45. The van der Waals surface area contributed by atoms with Gasteiger partial charge in [-0.1, -0.05) is 26.2 Å². The third-order valence-corrected chi connectivity index (χ3v) is 5.31. The standard InChI is InChI=1S/C16H25F3N4S.HI/c1-3-11-5-4-6-12(9-11)22-15(20-2)21-8-7-14-23-13(10-24-14)16(17,18)19;/h10-12H,3-9H2,1-2H3,(H2,20,21,22);1H. The molecule has 144 valence electrons. The molecular formula is C16H26F3IN4S. The third kappa shape index (κ3) is 7.28. The van der Waals surface area contributed by atoms with E-state index in [4.69, 9.17) is 0 Å². The van der Waals surface area contributed by atoms with E-state index in [2.05, 4.69) is 27.5 Å². The Hall–Kier alpha value is -0.580. The van der Waals surface area contributed by atoms with Crippen LogP contribution in [0.15, 0.2) is 10.4 Å². The number of aliphatic imine (C=N–C) groups is 1. The van der Waals surface area contributed by atoms with Crippen molar-refractivity contribution < 1.29 is 13.2 Å². The van der Waals surface area contributed by atoms with Gasteiger partial charge in [-0.05, 0) is 18.8 Å². The second-order valence-electron chi connectivity index (χ2n) is 6.16. The van der Waals surface area contributed by atoms with Crippen molar-refractivity contribution in [1.82, 2.24) is 15.6 Å². The summed E-state index contributed by atoms with van der Waals surface area (Å²) in [4.78, 5) is 7.84. The second-order valence-corrected chi connectivity index (χ2v) is 7.10. The highest BCUT2D eigenvalue weighted by molar-refractivity contribution is 14.0. The highest BCUT2D eigenvalue weighted by Gasteiger charge is 2.33. The summed E-state index contributed by atoms with van der Waals surface area (Å²) >= 11 is 1.04. The van der Waals surface area contributed by atoms with E-state index < -0.39 is 11.9 Å². The Kier molecular flexibility index (Phi) is 9.47. The Balaban J connectivity index is 0.00000312. The molecule has 0 radical (unpaired) electrons. The Morgan fingerprint density at radius 3 is 2.76 bits per heavy atom. The maximum atomic E-state index is 12.5. The Morgan fingerprint density at radius 1 is 1.40 bits per heavy atom. The van der Waals surface area contributed by atoms with Gasteiger partial charge in [-0.3, -0.25) is 4.99 Å². The number of alkyl halides is 3. The maximum Gasteiger partial charge on any atom is 0.434 e. The molecular weight excluding hydrogens is 464 g/mol. The lowest BCUT2D eigenvalue weighted by Gasteiger charge is -2.30. The number of halogens is 4. The average Bonchev–Trinajstić information content (AvgIpc) is 3.03. The predicted octanol–water partition coefficient (Wildman–Crippen LogP) is 4.46. The first kappa shape index (κ1) is 22.5. The summed E-state index contributed by atoms with van der Waals surface area (Å²) in [6.07, 6.45) is 2.10. The minimum absolute atomic E-state index is 0. The molecule has 25 heavy (non-hydrogen) atoms. The monoisotopic (exact) mass is 490 g/mol. The summed E-state index contributed by atoms with van der Waals surface area (Å²) in [6.45, 7) is 2.73. The zero-order valence-corrected chi connectivity index (χ0v) is 17.7. The van der Waals surface area contributed by atoms with Crippen LogP contribution in [-0.2, 0) is 12.6 Å². The third-order valence-electron chi connectivity index (χ3n) is 4.40. The molecule has 1 aromatic rings. The number of hydrogen-bond donors (Lipinski definition) is 2. The van der Waals surface area contributed by atoms with Gasteiger partial charge in [0.2, 0.25) is 0 Å². The Bertz CT molecular complexity index is 548. The second kappa shape index (κ2) is 10.5. The van der Waals surface area contributed by atoms with Gasteiger partial charge in [-0.2, -0.15) is 13.2 Å². The number of thiazole rings is 1. The molecule has 0 amide bonds. The maximum absolute atomic E-state index is 12.5. The van der Waals surface area contributed by atoms with Crippen molar-refractivity contribution in [2.75, 3.05) is 13.6 Å².